The fourth-order valence-electron chi connectivity index (χ4n) is 1.16. The van der Waals surface area contributed by atoms with Crippen molar-refractivity contribution < 1.29 is 5.11 Å². The van der Waals surface area contributed by atoms with Gasteiger partial charge in [0.15, 0.2) is 0 Å². The molecule has 3 heteroatoms. The van der Waals surface area contributed by atoms with Crippen molar-refractivity contribution >= 4 is 23.5 Å². The zero-order valence-electron chi connectivity index (χ0n) is 9.32. The summed E-state index contributed by atoms with van der Waals surface area (Å²) in [6.45, 7) is 4.31. The smallest absolute Gasteiger partial charge is 0.142 e. The Kier molecular flexibility index (Phi) is 6.03. The van der Waals surface area contributed by atoms with E-state index in [0.717, 1.165) is 34.1 Å². The third-order valence-corrected chi connectivity index (χ3v) is 4.39. The molecule has 0 unspecified atom stereocenters. The number of thioether (sulfide) groups is 2. The van der Waals surface area contributed by atoms with Gasteiger partial charge in [-0.25, -0.2) is 0 Å². The summed E-state index contributed by atoms with van der Waals surface area (Å²) in [7, 11) is 0. The monoisotopic (exact) mass is 242 g/mol. The molecule has 0 bridgehead atoms. The molecule has 1 N–H and O–H groups in total. The topological polar surface area (TPSA) is 20.2 Å². The van der Waals surface area contributed by atoms with E-state index in [4.69, 9.17) is 0 Å². The Morgan fingerprint density at radius 2 is 1.47 bits per heavy atom. The first-order valence-electron chi connectivity index (χ1n) is 5.37. The van der Waals surface area contributed by atoms with Gasteiger partial charge >= 0.3 is 0 Å². The molecule has 1 nitrogen and oxygen atoms in total. The maximum absolute atomic E-state index is 10.0. The number of benzene rings is 1. The molecule has 0 amide bonds. The zero-order chi connectivity index (χ0) is 11.1. The fraction of sp³-hybridized carbons (Fsp3) is 0.500. The number of para-hydroxylation sites is 1. The van der Waals surface area contributed by atoms with Crippen LogP contribution in [0.5, 0.6) is 5.75 Å². The van der Waals surface area contributed by atoms with Crippen LogP contribution in [0.3, 0.4) is 0 Å². The Balaban J connectivity index is 2.71. The molecule has 0 aliphatic rings. The van der Waals surface area contributed by atoms with Crippen LogP contribution in [-0.2, 0) is 0 Å². The van der Waals surface area contributed by atoms with E-state index in [1.165, 1.54) is 0 Å². The predicted molar refractivity (Wildman–Crippen MR) is 70.1 cm³/mol. The summed E-state index contributed by atoms with van der Waals surface area (Å²) in [5.74, 6) is 2.60. The zero-order valence-corrected chi connectivity index (χ0v) is 11.0. The van der Waals surface area contributed by atoms with Crippen LogP contribution in [0.25, 0.3) is 0 Å². The average molecular weight is 242 g/mol. The molecule has 1 aromatic rings. The minimum Gasteiger partial charge on any atom is -0.506 e. The lowest BCUT2D eigenvalue weighted by Crippen LogP contribution is -1.82. The summed E-state index contributed by atoms with van der Waals surface area (Å²) in [4.78, 5) is 2.02. The Labute approximate surface area is 101 Å². The van der Waals surface area contributed by atoms with E-state index in [1.807, 2.05) is 18.2 Å². The van der Waals surface area contributed by atoms with Gasteiger partial charge < -0.3 is 5.11 Å². The highest BCUT2D eigenvalue weighted by atomic mass is 32.2. The van der Waals surface area contributed by atoms with Gasteiger partial charge in [-0.3, -0.25) is 0 Å². The van der Waals surface area contributed by atoms with Crippen LogP contribution in [-0.4, -0.2) is 16.6 Å². The van der Waals surface area contributed by atoms with Gasteiger partial charge in [0.25, 0.3) is 0 Å². The van der Waals surface area contributed by atoms with Gasteiger partial charge in [0.2, 0.25) is 0 Å². The molecule has 84 valence electrons. The summed E-state index contributed by atoms with van der Waals surface area (Å²) in [5.41, 5.74) is 0. The molecule has 0 fully saturated rings. The van der Waals surface area contributed by atoms with E-state index in [-0.39, 0.29) is 0 Å². The van der Waals surface area contributed by atoms with Crippen molar-refractivity contribution in [2.75, 3.05) is 11.5 Å². The normalized spacial score (nSPS) is 10.5. The van der Waals surface area contributed by atoms with Crippen LogP contribution in [0.4, 0.5) is 0 Å². The van der Waals surface area contributed by atoms with Crippen molar-refractivity contribution in [3.05, 3.63) is 18.2 Å². The van der Waals surface area contributed by atoms with E-state index >= 15 is 0 Å². The molecule has 0 aromatic heterocycles. The van der Waals surface area contributed by atoms with Gasteiger partial charge in [0, 0.05) is 0 Å². The third-order valence-electron chi connectivity index (χ3n) is 1.89. The van der Waals surface area contributed by atoms with Crippen LogP contribution in [0, 0.1) is 0 Å². The van der Waals surface area contributed by atoms with E-state index in [9.17, 15) is 5.11 Å². The molecule has 0 aliphatic carbocycles. The minimum absolute atomic E-state index is 0.467. The maximum Gasteiger partial charge on any atom is 0.142 e. The van der Waals surface area contributed by atoms with Crippen LogP contribution in [0.1, 0.15) is 26.7 Å². The summed E-state index contributed by atoms with van der Waals surface area (Å²) in [5, 5.41) is 10.0. The van der Waals surface area contributed by atoms with Gasteiger partial charge in [-0.1, -0.05) is 19.9 Å². The average Bonchev–Trinajstić information content (AvgIpc) is 2.26. The van der Waals surface area contributed by atoms with E-state index < -0.39 is 0 Å². The first-order chi connectivity index (χ1) is 7.29. The van der Waals surface area contributed by atoms with Gasteiger partial charge in [-0.15, -0.1) is 23.5 Å². The lowest BCUT2D eigenvalue weighted by atomic mass is 10.3. The van der Waals surface area contributed by atoms with Crippen molar-refractivity contribution in [2.45, 2.75) is 36.5 Å². The van der Waals surface area contributed by atoms with Crippen LogP contribution in [0.2, 0.25) is 0 Å². The lowest BCUT2D eigenvalue weighted by Gasteiger charge is -2.08. The van der Waals surface area contributed by atoms with Crippen LogP contribution >= 0.6 is 23.5 Å². The fourth-order valence-corrected chi connectivity index (χ4v) is 2.91. The molecule has 0 saturated heterocycles. The largest absolute Gasteiger partial charge is 0.506 e. The lowest BCUT2D eigenvalue weighted by molar-refractivity contribution is 0.449. The van der Waals surface area contributed by atoms with E-state index in [0.29, 0.717) is 5.75 Å². The molecule has 0 saturated carbocycles. The highest BCUT2D eigenvalue weighted by Crippen LogP contribution is 2.37. The van der Waals surface area contributed by atoms with E-state index in [2.05, 4.69) is 13.8 Å². The molecule has 1 rings (SSSR count). The second-order valence-electron chi connectivity index (χ2n) is 3.30. The second kappa shape index (κ2) is 7.07. The Bertz CT molecular complexity index is 273. The summed E-state index contributed by atoms with van der Waals surface area (Å²) >= 11 is 3.46. The molecule has 1 aromatic carbocycles. The number of aromatic hydroxyl groups is 1. The number of hydrogen-bond donors (Lipinski definition) is 1. The Morgan fingerprint density at radius 1 is 1.00 bits per heavy atom. The molecule has 0 atom stereocenters. The van der Waals surface area contributed by atoms with Crippen LogP contribution in [0.15, 0.2) is 28.0 Å². The number of phenolic OH excluding ortho intramolecular Hbond substituents is 1. The molecule has 15 heavy (non-hydrogen) atoms. The number of hydrogen-bond acceptors (Lipinski definition) is 3. The van der Waals surface area contributed by atoms with E-state index in [1.54, 1.807) is 23.5 Å². The minimum atomic E-state index is 0.467. The van der Waals surface area contributed by atoms with Gasteiger partial charge in [-0.05, 0) is 36.5 Å². The molecular weight excluding hydrogens is 224 g/mol. The molecule has 0 aliphatic heterocycles. The van der Waals surface area contributed by atoms with Gasteiger partial charge in [0.05, 0.1) is 9.79 Å². The highest BCUT2D eigenvalue weighted by molar-refractivity contribution is 8.00. The molecular formula is C12H18OS2. The van der Waals surface area contributed by atoms with Crippen molar-refractivity contribution in [1.29, 1.82) is 0 Å². The predicted octanol–water partition coefficient (Wildman–Crippen LogP) is 4.40. The van der Waals surface area contributed by atoms with Crippen molar-refractivity contribution in [1.82, 2.24) is 0 Å². The Morgan fingerprint density at radius 3 is 1.87 bits per heavy atom. The van der Waals surface area contributed by atoms with Gasteiger partial charge in [0.1, 0.15) is 5.75 Å². The van der Waals surface area contributed by atoms with Crippen molar-refractivity contribution in [3.63, 3.8) is 0 Å². The SMILES string of the molecule is CCCSc1cccc(SCCC)c1O. The number of phenols is 1. The maximum atomic E-state index is 10.0. The summed E-state index contributed by atoms with van der Waals surface area (Å²) in [6.07, 6.45) is 2.27. The van der Waals surface area contributed by atoms with Crippen molar-refractivity contribution in [3.8, 4) is 5.75 Å². The first kappa shape index (κ1) is 12.8. The standard InChI is InChI=1S/C12H18OS2/c1-3-8-14-10-6-5-7-11(12(10)13)15-9-4-2/h5-7,13H,3-4,8-9H2,1-2H3. The first-order valence-corrected chi connectivity index (χ1v) is 7.34. The molecule has 0 heterocycles. The summed E-state index contributed by atoms with van der Waals surface area (Å²) < 4.78 is 0. The molecule has 0 spiro atoms. The Hall–Kier alpha value is -0.280. The second-order valence-corrected chi connectivity index (χ2v) is 5.57. The summed E-state index contributed by atoms with van der Waals surface area (Å²) in [6, 6.07) is 6.01. The molecule has 0 radical (unpaired) electrons. The quantitative estimate of drug-likeness (QED) is 0.747. The van der Waals surface area contributed by atoms with Crippen LogP contribution < -0.4 is 0 Å². The third kappa shape index (κ3) is 3.99. The van der Waals surface area contributed by atoms with Gasteiger partial charge in [-0.2, -0.15) is 0 Å². The highest BCUT2D eigenvalue weighted by Gasteiger charge is 2.06. The number of rotatable bonds is 6. The van der Waals surface area contributed by atoms with Crippen molar-refractivity contribution in [2.24, 2.45) is 0 Å².